The van der Waals surface area contributed by atoms with Crippen molar-refractivity contribution in [1.29, 1.82) is 0 Å². The minimum absolute atomic E-state index is 0.0568. The van der Waals surface area contributed by atoms with Gasteiger partial charge in [0.25, 0.3) is 5.89 Å². The normalized spacial score (nSPS) is 11.9. The van der Waals surface area contributed by atoms with Gasteiger partial charge in [-0.3, -0.25) is 4.79 Å². The molecule has 0 saturated heterocycles. The number of thiophene rings is 1. The van der Waals surface area contributed by atoms with Crippen molar-refractivity contribution in [3.8, 4) is 16.5 Å². The minimum atomic E-state index is -0.340. The summed E-state index contributed by atoms with van der Waals surface area (Å²) in [7, 11) is 0. The quantitative estimate of drug-likeness (QED) is 0.740. The van der Waals surface area contributed by atoms with Gasteiger partial charge < -0.3 is 14.6 Å². The number of benzene rings is 1. The van der Waals surface area contributed by atoms with Crippen molar-refractivity contribution in [2.24, 2.45) is 0 Å². The van der Waals surface area contributed by atoms with Crippen molar-refractivity contribution in [2.45, 2.75) is 26.5 Å². The molecule has 1 aromatic carbocycles. The summed E-state index contributed by atoms with van der Waals surface area (Å²) in [5.74, 6) is 1.63. The standard InChI is InChI=1S/C17H17N3O3S/c1-11(22-13-6-4-3-5-7-13)17-19-16(20-23-17)15-9-8-14(24-15)10-18-12(2)21/h3-9,11H,10H2,1-2H3,(H,18,21)/t11-/m0/s1. The summed E-state index contributed by atoms with van der Waals surface area (Å²) < 4.78 is 11.1. The van der Waals surface area contributed by atoms with Crippen LogP contribution in [0.4, 0.5) is 0 Å². The number of nitrogens with one attached hydrogen (secondary N) is 1. The molecule has 0 radical (unpaired) electrons. The maximum Gasteiger partial charge on any atom is 0.267 e. The first kappa shape index (κ1) is 16.2. The van der Waals surface area contributed by atoms with Crippen LogP contribution in [0.2, 0.25) is 0 Å². The van der Waals surface area contributed by atoms with Crippen molar-refractivity contribution in [1.82, 2.24) is 15.5 Å². The maximum atomic E-state index is 11.0. The fraction of sp³-hybridized carbons (Fsp3) is 0.235. The van der Waals surface area contributed by atoms with Crippen LogP contribution in [0, 0.1) is 0 Å². The van der Waals surface area contributed by atoms with Gasteiger partial charge in [0.15, 0.2) is 6.10 Å². The van der Waals surface area contributed by atoms with Gasteiger partial charge in [-0.1, -0.05) is 23.4 Å². The summed E-state index contributed by atoms with van der Waals surface area (Å²) in [5.41, 5.74) is 0. The number of nitrogens with zero attached hydrogens (tertiary/aromatic N) is 2. The number of para-hydroxylation sites is 1. The van der Waals surface area contributed by atoms with Crippen molar-refractivity contribution in [3.63, 3.8) is 0 Å². The van der Waals surface area contributed by atoms with Gasteiger partial charge in [-0.05, 0) is 31.2 Å². The average molecular weight is 343 g/mol. The van der Waals surface area contributed by atoms with Crippen LogP contribution in [0.15, 0.2) is 47.0 Å². The number of carbonyl (C=O) groups is 1. The van der Waals surface area contributed by atoms with Gasteiger partial charge in [-0.2, -0.15) is 4.98 Å². The van der Waals surface area contributed by atoms with Gasteiger partial charge in [0.2, 0.25) is 11.7 Å². The van der Waals surface area contributed by atoms with E-state index in [-0.39, 0.29) is 12.0 Å². The molecule has 0 aliphatic rings. The third-order valence-corrected chi connectivity index (χ3v) is 4.32. The number of carbonyl (C=O) groups excluding carboxylic acids is 1. The van der Waals surface area contributed by atoms with E-state index in [4.69, 9.17) is 9.26 Å². The Morgan fingerprint density at radius 2 is 2.08 bits per heavy atom. The molecule has 2 aromatic heterocycles. The van der Waals surface area contributed by atoms with Crippen molar-refractivity contribution >= 4 is 17.2 Å². The smallest absolute Gasteiger partial charge is 0.267 e. The lowest BCUT2D eigenvalue weighted by atomic mass is 10.3. The summed E-state index contributed by atoms with van der Waals surface area (Å²) in [6.45, 7) is 3.85. The molecule has 1 amide bonds. The Bertz CT molecular complexity index is 813. The van der Waals surface area contributed by atoms with Crippen LogP contribution in [-0.2, 0) is 11.3 Å². The predicted octanol–water partition coefficient (Wildman–Crippen LogP) is 3.57. The van der Waals surface area contributed by atoms with Gasteiger partial charge in [0, 0.05) is 11.8 Å². The highest BCUT2D eigenvalue weighted by molar-refractivity contribution is 7.15. The second kappa shape index (κ2) is 7.27. The average Bonchev–Trinajstić information content (AvgIpc) is 3.23. The minimum Gasteiger partial charge on any atom is -0.481 e. The Morgan fingerprint density at radius 3 is 2.83 bits per heavy atom. The molecule has 1 atom stereocenters. The monoisotopic (exact) mass is 343 g/mol. The molecule has 0 unspecified atom stereocenters. The van der Waals surface area contributed by atoms with Crippen LogP contribution in [-0.4, -0.2) is 16.0 Å². The second-order valence-electron chi connectivity index (χ2n) is 5.21. The van der Waals surface area contributed by atoms with Crippen molar-refractivity contribution in [3.05, 3.63) is 53.2 Å². The zero-order valence-electron chi connectivity index (χ0n) is 13.4. The third-order valence-electron chi connectivity index (χ3n) is 3.24. The Hall–Kier alpha value is -2.67. The lowest BCUT2D eigenvalue weighted by Crippen LogP contribution is -2.17. The summed E-state index contributed by atoms with van der Waals surface area (Å²) in [6.07, 6.45) is -0.340. The molecule has 24 heavy (non-hydrogen) atoms. The number of ether oxygens (including phenoxy) is 1. The largest absolute Gasteiger partial charge is 0.481 e. The van der Waals surface area contributed by atoms with E-state index in [9.17, 15) is 4.79 Å². The molecule has 0 bridgehead atoms. The molecule has 0 aliphatic heterocycles. The van der Waals surface area contributed by atoms with E-state index < -0.39 is 0 Å². The Balaban J connectivity index is 1.67. The first-order valence-electron chi connectivity index (χ1n) is 7.50. The van der Waals surface area contributed by atoms with Gasteiger partial charge in [0.1, 0.15) is 5.75 Å². The molecule has 0 spiro atoms. The summed E-state index contributed by atoms with van der Waals surface area (Å²) in [6, 6.07) is 13.3. The first-order chi connectivity index (χ1) is 11.6. The highest BCUT2D eigenvalue weighted by atomic mass is 32.1. The third kappa shape index (κ3) is 3.99. The zero-order chi connectivity index (χ0) is 16.9. The number of aromatic nitrogens is 2. The SMILES string of the molecule is CC(=O)NCc1ccc(-c2noc([C@H](C)Oc3ccccc3)n2)s1. The van der Waals surface area contributed by atoms with Crippen LogP contribution < -0.4 is 10.1 Å². The van der Waals surface area contributed by atoms with Gasteiger partial charge in [-0.15, -0.1) is 11.3 Å². The molecule has 7 heteroatoms. The highest BCUT2D eigenvalue weighted by Crippen LogP contribution is 2.28. The van der Waals surface area contributed by atoms with Crippen molar-refractivity contribution in [2.75, 3.05) is 0 Å². The van der Waals surface area contributed by atoms with E-state index in [0.717, 1.165) is 15.5 Å². The fourth-order valence-corrected chi connectivity index (χ4v) is 2.93. The number of amides is 1. The maximum absolute atomic E-state index is 11.0. The Labute approximate surface area is 143 Å². The van der Waals surface area contributed by atoms with E-state index >= 15 is 0 Å². The van der Waals surface area contributed by atoms with E-state index in [1.165, 1.54) is 18.3 Å². The zero-order valence-corrected chi connectivity index (χ0v) is 14.2. The van der Waals surface area contributed by atoms with E-state index in [2.05, 4.69) is 15.5 Å². The fourth-order valence-electron chi connectivity index (χ4n) is 2.06. The Morgan fingerprint density at radius 1 is 1.29 bits per heavy atom. The van der Waals surface area contributed by atoms with Crippen LogP contribution in [0.1, 0.15) is 30.7 Å². The molecule has 6 nitrogen and oxygen atoms in total. The molecular formula is C17H17N3O3S. The number of hydrogen-bond acceptors (Lipinski definition) is 6. The molecule has 0 saturated carbocycles. The number of rotatable bonds is 6. The Kier molecular flexibility index (Phi) is 4.90. The first-order valence-corrected chi connectivity index (χ1v) is 8.32. The molecule has 2 heterocycles. The predicted molar refractivity (Wildman–Crippen MR) is 90.6 cm³/mol. The van der Waals surface area contributed by atoms with E-state index in [1.807, 2.05) is 49.4 Å². The van der Waals surface area contributed by atoms with Crippen molar-refractivity contribution < 1.29 is 14.1 Å². The van der Waals surface area contributed by atoms with E-state index in [0.29, 0.717) is 18.3 Å². The summed E-state index contributed by atoms with van der Waals surface area (Å²) in [5, 5.41) is 6.78. The number of hydrogen-bond donors (Lipinski definition) is 1. The molecular weight excluding hydrogens is 326 g/mol. The van der Waals surface area contributed by atoms with Gasteiger partial charge in [-0.25, -0.2) is 0 Å². The van der Waals surface area contributed by atoms with Gasteiger partial charge >= 0.3 is 0 Å². The van der Waals surface area contributed by atoms with Crippen LogP contribution in [0.3, 0.4) is 0 Å². The molecule has 1 N–H and O–H groups in total. The van der Waals surface area contributed by atoms with Gasteiger partial charge in [0.05, 0.1) is 11.4 Å². The molecule has 124 valence electrons. The van der Waals surface area contributed by atoms with Crippen LogP contribution >= 0.6 is 11.3 Å². The molecule has 0 aliphatic carbocycles. The van der Waals surface area contributed by atoms with Crippen LogP contribution in [0.25, 0.3) is 10.7 Å². The van der Waals surface area contributed by atoms with Crippen LogP contribution in [0.5, 0.6) is 5.75 Å². The lowest BCUT2D eigenvalue weighted by Gasteiger charge is -2.09. The lowest BCUT2D eigenvalue weighted by molar-refractivity contribution is -0.119. The molecule has 3 aromatic rings. The summed E-state index contributed by atoms with van der Waals surface area (Å²) in [4.78, 5) is 17.3. The molecule has 0 fully saturated rings. The van der Waals surface area contributed by atoms with E-state index in [1.54, 1.807) is 0 Å². The topological polar surface area (TPSA) is 77.2 Å². The second-order valence-corrected chi connectivity index (χ2v) is 6.37. The summed E-state index contributed by atoms with van der Waals surface area (Å²) >= 11 is 1.52. The highest BCUT2D eigenvalue weighted by Gasteiger charge is 2.17. The molecule has 3 rings (SSSR count).